The Hall–Kier alpha value is -2.50. The van der Waals surface area contributed by atoms with E-state index in [-0.39, 0.29) is 6.04 Å². The Labute approximate surface area is 137 Å². The van der Waals surface area contributed by atoms with E-state index in [9.17, 15) is 0 Å². The Morgan fingerprint density at radius 3 is 2.57 bits per heavy atom. The molecule has 0 bridgehead atoms. The van der Waals surface area contributed by atoms with E-state index < -0.39 is 0 Å². The van der Waals surface area contributed by atoms with Gasteiger partial charge < -0.3 is 4.98 Å². The molecular formula is C21H20N2. The van der Waals surface area contributed by atoms with Crippen molar-refractivity contribution in [2.75, 3.05) is 13.6 Å². The Balaban J connectivity index is 0.000000186. The van der Waals surface area contributed by atoms with Gasteiger partial charge in [0, 0.05) is 35.1 Å². The second kappa shape index (κ2) is 5.30. The van der Waals surface area contributed by atoms with Gasteiger partial charge >= 0.3 is 0 Å². The average molecular weight is 300 g/mol. The van der Waals surface area contributed by atoms with Gasteiger partial charge in [-0.2, -0.15) is 0 Å². The molecule has 114 valence electrons. The van der Waals surface area contributed by atoms with Crippen LogP contribution in [0.1, 0.15) is 22.9 Å². The minimum absolute atomic E-state index is 0.106. The Bertz CT molecular complexity index is 909. The van der Waals surface area contributed by atoms with Gasteiger partial charge in [0.2, 0.25) is 0 Å². The topological polar surface area (TPSA) is 19.0 Å². The van der Waals surface area contributed by atoms with E-state index in [4.69, 9.17) is 6.42 Å². The van der Waals surface area contributed by atoms with Crippen molar-refractivity contribution in [1.82, 2.24) is 9.88 Å². The van der Waals surface area contributed by atoms with E-state index in [1.807, 2.05) is 0 Å². The predicted octanol–water partition coefficient (Wildman–Crippen LogP) is 4.31. The summed E-state index contributed by atoms with van der Waals surface area (Å²) >= 11 is 0. The summed E-state index contributed by atoms with van der Waals surface area (Å²) in [5, 5.41) is 1.29. The molecule has 0 fully saturated rings. The first kappa shape index (κ1) is 14.1. The first-order valence-electron chi connectivity index (χ1n) is 8.05. The summed E-state index contributed by atoms with van der Waals surface area (Å²) in [5.41, 5.74) is 7.95. The van der Waals surface area contributed by atoms with Crippen molar-refractivity contribution in [1.29, 1.82) is 0 Å². The molecule has 3 aliphatic rings. The number of likely N-dealkylation sites (N-methyl/N-ethyl adjacent to an activating group) is 1. The standard InChI is InChI=1S/C15H16N2.C6H4/c1-4-14-15-11-9-10(2)5-6-12(11)16-13(15)7-8-17(14)3;1-2-5-4-6(5)3-1/h1,5-6,9,14,16H,7-8H2,2-3H3;1-4H. The van der Waals surface area contributed by atoms with Gasteiger partial charge in [-0.1, -0.05) is 35.7 Å². The fourth-order valence-electron chi connectivity index (χ4n) is 3.42. The van der Waals surface area contributed by atoms with Crippen molar-refractivity contribution in [2.24, 2.45) is 0 Å². The van der Waals surface area contributed by atoms with Crippen molar-refractivity contribution in [2.45, 2.75) is 19.4 Å². The predicted molar refractivity (Wildman–Crippen MR) is 96.4 cm³/mol. The molecule has 2 aromatic rings. The zero-order valence-electron chi connectivity index (χ0n) is 13.6. The fraction of sp³-hybridized carbons (Fsp3) is 0.238. The number of aryl methyl sites for hydroxylation is 1. The highest BCUT2D eigenvalue weighted by Crippen LogP contribution is 2.35. The summed E-state index contributed by atoms with van der Waals surface area (Å²) < 4.78 is 0. The van der Waals surface area contributed by atoms with Crippen LogP contribution in [0.2, 0.25) is 0 Å². The van der Waals surface area contributed by atoms with Crippen LogP contribution in [0.25, 0.3) is 22.0 Å². The summed E-state index contributed by atoms with van der Waals surface area (Å²) in [6, 6.07) is 15.1. The molecule has 2 nitrogen and oxygen atoms in total. The van der Waals surface area contributed by atoms with Crippen molar-refractivity contribution in [3.05, 3.63) is 59.3 Å². The van der Waals surface area contributed by atoms with E-state index in [0.29, 0.717) is 0 Å². The summed E-state index contributed by atoms with van der Waals surface area (Å²) in [6.45, 7) is 3.14. The molecule has 23 heavy (non-hydrogen) atoms. The van der Waals surface area contributed by atoms with E-state index in [1.165, 1.54) is 38.9 Å². The molecule has 2 heteroatoms. The zero-order valence-corrected chi connectivity index (χ0v) is 13.6. The summed E-state index contributed by atoms with van der Waals surface area (Å²) in [4.78, 5) is 5.75. The minimum Gasteiger partial charge on any atom is -0.358 e. The lowest BCUT2D eigenvalue weighted by Crippen LogP contribution is -2.30. The maximum atomic E-state index is 5.69. The van der Waals surface area contributed by atoms with E-state index in [0.717, 1.165) is 13.0 Å². The first-order chi connectivity index (χ1) is 11.2. The zero-order chi connectivity index (χ0) is 16.0. The third-order valence-corrected chi connectivity index (χ3v) is 4.78. The lowest BCUT2D eigenvalue weighted by molar-refractivity contribution is 0.280. The number of nitrogens with one attached hydrogen (secondary N) is 1. The monoisotopic (exact) mass is 300 g/mol. The van der Waals surface area contributed by atoms with Gasteiger partial charge in [0.25, 0.3) is 0 Å². The van der Waals surface area contributed by atoms with Gasteiger partial charge in [0.15, 0.2) is 0 Å². The SMILES string of the molecule is C#CC1c2c([nH]c3ccc(C)cc23)CCN1C.c1cc2cc-2c1. The van der Waals surface area contributed by atoms with Crippen molar-refractivity contribution in [3.63, 3.8) is 0 Å². The maximum absolute atomic E-state index is 5.69. The van der Waals surface area contributed by atoms with Crippen LogP contribution in [0, 0.1) is 19.3 Å². The van der Waals surface area contributed by atoms with Crippen molar-refractivity contribution >= 4 is 10.9 Å². The quantitative estimate of drug-likeness (QED) is 0.480. The van der Waals surface area contributed by atoms with E-state index in [2.05, 4.69) is 72.2 Å². The Morgan fingerprint density at radius 1 is 1.17 bits per heavy atom. The first-order valence-corrected chi connectivity index (χ1v) is 8.05. The van der Waals surface area contributed by atoms with Crippen LogP contribution in [0.15, 0.2) is 42.5 Å². The highest BCUT2D eigenvalue weighted by Gasteiger charge is 2.26. The van der Waals surface area contributed by atoms with Crippen LogP contribution in [-0.4, -0.2) is 23.5 Å². The molecule has 2 aliphatic carbocycles. The molecule has 2 heterocycles. The lowest BCUT2D eigenvalue weighted by atomic mass is 9.96. The van der Waals surface area contributed by atoms with Crippen molar-refractivity contribution < 1.29 is 0 Å². The third kappa shape index (κ3) is 2.44. The number of aromatic nitrogens is 1. The molecule has 0 spiro atoms. The summed E-state index contributed by atoms with van der Waals surface area (Å²) in [5.74, 6) is 2.91. The highest BCUT2D eigenvalue weighted by molar-refractivity contribution is 5.86. The summed E-state index contributed by atoms with van der Waals surface area (Å²) in [7, 11) is 2.10. The number of nitrogens with zero attached hydrogens (tertiary/aromatic N) is 1. The fourth-order valence-corrected chi connectivity index (χ4v) is 3.42. The van der Waals surface area contributed by atoms with Gasteiger partial charge in [0.05, 0.1) is 6.04 Å². The van der Waals surface area contributed by atoms with E-state index >= 15 is 0 Å². The molecule has 0 radical (unpaired) electrons. The number of aromatic amines is 1. The normalized spacial score (nSPS) is 17.9. The van der Waals surface area contributed by atoms with Crippen LogP contribution in [0.5, 0.6) is 0 Å². The number of terminal acetylenes is 1. The average Bonchev–Trinajstić information content (AvgIpc) is 2.99. The van der Waals surface area contributed by atoms with Gasteiger partial charge in [0.1, 0.15) is 0 Å². The smallest absolute Gasteiger partial charge is 0.0989 e. The highest BCUT2D eigenvalue weighted by atomic mass is 15.1. The number of benzene rings is 2. The van der Waals surface area contributed by atoms with Crippen LogP contribution in [0.4, 0.5) is 0 Å². The molecule has 5 rings (SSSR count). The van der Waals surface area contributed by atoms with Gasteiger partial charge in [-0.15, -0.1) is 6.42 Å². The number of H-pyrrole nitrogens is 1. The van der Waals surface area contributed by atoms with Crippen LogP contribution in [0.3, 0.4) is 0 Å². The number of fused-ring (bicyclic) bond motifs is 4. The molecule has 1 N–H and O–H groups in total. The maximum Gasteiger partial charge on any atom is 0.0989 e. The minimum atomic E-state index is 0.106. The lowest BCUT2D eigenvalue weighted by Gasteiger charge is -2.29. The van der Waals surface area contributed by atoms with Crippen molar-refractivity contribution in [3.8, 4) is 23.5 Å². The van der Waals surface area contributed by atoms with E-state index in [1.54, 1.807) is 0 Å². The number of hydrogen-bond acceptors (Lipinski definition) is 1. The van der Waals surface area contributed by atoms with Gasteiger partial charge in [-0.25, -0.2) is 0 Å². The molecule has 0 saturated heterocycles. The third-order valence-electron chi connectivity index (χ3n) is 4.78. The Morgan fingerprint density at radius 2 is 1.96 bits per heavy atom. The molecule has 0 amide bonds. The second-order valence-corrected chi connectivity index (χ2v) is 6.45. The largest absolute Gasteiger partial charge is 0.358 e. The second-order valence-electron chi connectivity index (χ2n) is 6.45. The molecular weight excluding hydrogens is 280 g/mol. The molecule has 1 aliphatic heterocycles. The molecule has 1 unspecified atom stereocenters. The molecule has 0 saturated carbocycles. The van der Waals surface area contributed by atoms with Crippen LogP contribution >= 0.6 is 0 Å². The molecule has 1 atom stereocenters. The molecule has 1 aromatic carbocycles. The molecule has 1 aromatic heterocycles. The van der Waals surface area contributed by atoms with Crippen LogP contribution < -0.4 is 0 Å². The van der Waals surface area contributed by atoms with Crippen LogP contribution in [-0.2, 0) is 6.42 Å². The number of rotatable bonds is 0. The van der Waals surface area contributed by atoms with Gasteiger partial charge in [-0.3, -0.25) is 4.90 Å². The van der Waals surface area contributed by atoms with Gasteiger partial charge in [-0.05, 0) is 43.3 Å². The Kier molecular flexibility index (Phi) is 3.25. The summed E-state index contributed by atoms with van der Waals surface area (Å²) in [6.07, 6.45) is 6.74. The number of hydrogen-bond donors (Lipinski definition) is 1.